The molecule has 0 bridgehead atoms. The van der Waals surface area contributed by atoms with Crippen LogP contribution in [-0.2, 0) is 9.59 Å². The number of aliphatic carboxylic acids is 1. The zero-order valence-electron chi connectivity index (χ0n) is 14.5. The van der Waals surface area contributed by atoms with E-state index in [1.165, 1.54) is 6.92 Å². The summed E-state index contributed by atoms with van der Waals surface area (Å²) in [6.07, 6.45) is -7.50. The number of alkyl halides is 3. The molecule has 1 amide bonds. The summed E-state index contributed by atoms with van der Waals surface area (Å²) >= 11 is 0. The van der Waals surface area contributed by atoms with Gasteiger partial charge in [-0.2, -0.15) is 13.2 Å². The molecule has 25 heavy (non-hydrogen) atoms. The Morgan fingerprint density at radius 1 is 1.24 bits per heavy atom. The fourth-order valence-corrected chi connectivity index (χ4v) is 2.07. The second kappa shape index (κ2) is 8.22. The highest BCUT2D eigenvalue weighted by Gasteiger charge is 2.37. The van der Waals surface area contributed by atoms with E-state index in [1.54, 1.807) is 13.0 Å². The predicted molar refractivity (Wildman–Crippen MR) is 85.6 cm³/mol. The van der Waals surface area contributed by atoms with Gasteiger partial charge in [0.15, 0.2) is 6.10 Å². The lowest BCUT2D eigenvalue weighted by molar-refractivity contribution is -0.160. The average Bonchev–Trinajstić information content (AvgIpc) is 2.46. The van der Waals surface area contributed by atoms with Crippen molar-refractivity contribution in [2.24, 2.45) is 0 Å². The monoisotopic (exact) mass is 361 g/mol. The molecule has 0 heterocycles. The van der Waals surface area contributed by atoms with E-state index in [4.69, 9.17) is 9.84 Å². The Hall–Kier alpha value is -2.25. The number of amides is 1. The second-order valence-electron chi connectivity index (χ2n) is 6.16. The fourth-order valence-electron chi connectivity index (χ4n) is 2.07. The van der Waals surface area contributed by atoms with Crippen molar-refractivity contribution in [2.45, 2.75) is 58.4 Å². The van der Waals surface area contributed by atoms with E-state index in [0.717, 1.165) is 11.1 Å². The highest BCUT2D eigenvalue weighted by atomic mass is 19.4. The van der Waals surface area contributed by atoms with Crippen LogP contribution in [0.5, 0.6) is 5.75 Å². The minimum Gasteiger partial charge on any atom is -0.481 e. The van der Waals surface area contributed by atoms with E-state index in [2.05, 4.69) is 0 Å². The summed E-state index contributed by atoms with van der Waals surface area (Å²) in [5.41, 5.74) is 1.74. The number of carbonyl (C=O) groups excluding carboxylic acids is 1. The summed E-state index contributed by atoms with van der Waals surface area (Å²) in [4.78, 5) is 22.9. The van der Waals surface area contributed by atoms with Gasteiger partial charge in [-0.25, -0.2) is 4.79 Å². The minimum absolute atomic E-state index is 0.232. The maximum atomic E-state index is 12.4. The first-order chi connectivity index (χ1) is 11.4. The summed E-state index contributed by atoms with van der Waals surface area (Å²) in [7, 11) is 0. The molecule has 0 aromatic heterocycles. The number of rotatable bonds is 7. The normalized spacial score (nSPS) is 14.1. The Balaban J connectivity index is 2.82. The number of halogens is 3. The van der Waals surface area contributed by atoms with E-state index in [9.17, 15) is 22.8 Å². The van der Waals surface area contributed by atoms with Gasteiger partial charge in [-0.1, -0.05) is 26.0 Å². The van der Waals surface area contributed by atoms with Crippen molar-refractivity contribution in [3.8, 4) is 5.75 Å². The molecule has 0 saturated carbocycles. The molecule has 0 spiro atoms. The van der Waals surface area contributed by atoms with Crippen LogP contribution in [0.25, 0.3) is 0 Å². The summed E-state index contributed by atoms with van der Waals surface area (Å²) in [6.45, 7) is 7.09. The molecule has 2 unspecified atom stereocenters. The molecule has 0 aliphatic rings. The van der Waals surface area contributed by atoms with Gasteiger partial charge in [-0.15, -0.1) is 0 Å². The number of hydrogen-bond donors (Lipinski definition) is 2. The molecule has 2 atom stereocenters. The first-order valence-corrected chi connectivity index (χ1v) is 7.78. The van der Waals surface area contributed by atoms with Crippen molar-refractivity contribution in [3.63, 3.8) is 0 Å². The lowest BCUT2D eigenvalue weighted by Gasteiger charge is -2.21. The van der Waals surface area contributed by atoms with E-state index in [0.29, 0.717) is 5.75 Å². The predicted octanol–water partition coefficient (Wildman–Crippen LogP) is 3.41. The zero-order valence-corrected chi connectivity index (χ0v) is 14.5. The van der Waals surface area contributed by atoms with Gasteiger partial charge in [-0.3, -0.25) is 4.79 Å². The van der Waals surface area contributed by atoms with Crippen LogP contribution in [0.3, 0.4) is 0 Å². The van der Waals surface area contributed by atoms with Crippen molar-refractivity contribution < 1.29 is 32.6 Å². The van der Waals surface area contributed by atoms with Crippen molar-refractivity contribution >= 4 is 11.9 Å². The SMILES string of the molecule is Cc1ccc(C(C)C)cc1OC(C)C(=O)NC(CC(F)(F)F)C(=O)O. The van der Waals surface area contributed by atoms with Gasteiger partial charge in [0, 0.05) is 0 Å². The molecule has 0 aliphatic carbocycles. The summed E-state index contributed by atoms with van der Waals surface area (Å²) in [6, 6.07) is 3.44. The number of hydrogen-bond acceptors (Lipinski definition) is 3. The standard InChI is InChI=1S/C17H22F3NO4/c1-9(2)12-6-5-10(3)14(7-12)25-11(4)15(22)21-13(16(23)24)8-17(18,19)20/h5-7,9,11,13H,8H2,1-4H3,(H,21,22)(H,23,24). The third-order valence-corrected chi connectivity index (χ3v) is 3.60. The Labute approximate surface area is 144 Å². The van der Waals surface area contributed by atoms with Gasteiger partial charge in [-0.05, 0) is 37.0 Å². The van der Waals surface area contributed by atoms with Crippen LogP contribution in [-0.4, -0.2) is 35.3 Å². The minimum atomic E-state index is -4.71. The maximum Gasteiger partial charge on any atom is 0.391 e. The molecule has 0 fully saturated rings. The van der Waals surface area contributed by atoms with Gasteiger partial charge in [0.2, 0.25) is 0 Å². The molecule has 1 aromatic rings. The van der Waals surface area contributed by atoms with Gasteiger partial charge in [0.1, 0.15) is 11.8 Å². The van der Waals surface area contributed by atoms with Crippen LogP contribution in [0.15, 0.2) is 18.2 Å². The molecule has 1 aromatic carbocycles. The molecular weight excluding hydrogens is 339 g/mol. The Kier molecular flexibility index (Phi) is 6.84. The molecule has 0 radical (unpaired) electrons. The zero-order chi connectivity index (χ0) is 19.4. The number of nitrogens with one attached hydrogen (secondary N) is 1. The molecule has 0 saturated heterocycles. The van der Waals surface area contributed by atoms with Crippen molar-refractivity contribution in [2.75, 3.05) is 0 Å². The van der Waals surface area contributed by atoms with Gasteiger partial charge >= 0.3 is 12.1 Å². The first-order valence-electron chi connectivity index (χ1n) is 7.78. The second-order valence-corrected chi connectivity index (χ2v) is 6.16. The number of ether oxygens (including phenoxy) is 1. The highest BCUT2D eigenvalue weighted by molar-refractivity contribution is 5.86. The fraction of sp³-hybridized carbons (Fsp3) is 0.529. The lowest BCUT2D eigenvalue weighted by atomic mass is 10.0. The molecule has 2 N–H and O–H groups in total. The summed E-state index contributed by atoms with van der Waals surface area (Å²) in [5, 5.41) is 10.7. The van der Waals surface area contributed by atoms with Crippen LogP contribution >= 0.6 is 0 Å². The highest BCUT2D eigenvalue weighted by Crippen LogP contribution is 2.25. The molecule has 0 aliphatic heterocycles. The number of benzene rings is 1. The average molecular weight is 361 g/mol. The molecule has 8 heteroatoms. The summed E-state index contributed by atoms with van der Waals surface area (Å²) in [5.74, 6) is -2.02. The van der Waals surface area contributed by atoms with Gasteiger partial charge in [0.25, 0.3) is 5.91 Å². The van der Waals surface area contributed by atoms with E-state index in [1.807, 2.05) is 31.3 Å². The Morgan fingerprint density at radius 2 is 1.84 bits per heavy atom. The third kappa shape index (κ3) is 6.64. The molecule has 140 valence electrons. The Bertz CT molecular complexity index is 629. The molecule has 5 nitrogen and oxygen atoms in total. The number of carboxylic acids is 1. The molecule has 1 rings (SSSR count). The first kappa shape index (κ1) is 20.8. The van der Waals surface area contributed by atoms with Crippen LogP contribution in [0, 0.1) is 6.92 Å². The van der Waals surface area contributed by atoms with Gasteiger partial charge < -0.3 is 15.2 Å². The van der Waals surface area contributed by atoms with Crippen molar-refractivity contribution in [3.05, 3.63) is 29.3 Å². The topological polar surface area (TPSA) is 75.6 Å². The number of carboxylic acid groups (broad SMARTS) is 1. The van der Waals surface area contributed by atoms with Gasteiger partial charge in [0.05, 0.1) is 6.42 Å². The van der Waals surface area contributed by atoms with Crippen molar-refractivity contribution in [1.82, 2.24) is 5.32 Å². The largest absolute Gasteiger partial charge is 0.481 e. The van der Waals surface area contributed by atoms with Crippen LogP contribution in [0.1, 0.15) is 44.2 Å². The maximum absolute atomic E-state index is 12.4. The summed E-state index contributed by atoms with van der Waals surface area (Å²) < 4.78 is 42.7. The smallest absolute Gasteiger partial charge is 0.391 e. The third-order valence-electron chi connectivity index (χ3n) is 3.60. The van der Waals surface area contributed by atoms with E-state index >= 15 is 0 Å². The number of carbonyl (C=O) groups is 2. The number of aryl methyl sites for hydroxylation is 1. The van der Waals surface area contributed by atoms with E-state index in [-0.39, 0.29) is 5.92 Å². The molecular formula is C17H22F3NO4. The van der Waals surface area contributed by atoms with Crippen LogP contribution in [0.2, 0.25) is 0 Å². The van der Waals surface area contributed by atoms with E-state index < -0.39 is 36.6 Å². The lowest BCUT2D eigenvalue weighted by Crippen LogP contribution is -2.48. The Morgan fingerprint density at radius 3 is 2.32 bits per heavy atom. The van der Waals surface area contributed by atoms with Crippen LogP contribution in [0.4, 0.5) is 13.2 Å². The van der Waals surface area contributed by atoms with Crippen LogP contribution < -0.4 is 10.1 Å². The van der Waals surface area contributed by atoms with Crippen molar-refractivity contribution in [1.29, 1.82) is 0 Å². The quantitative estimate of drug-likeness (QED) is 0.780.